The molecule has 1 heterocycles. The number of anilines is 2. The van der Waals surface area contributed by atoms with Gasteiger partial charge >= 0.3 is 0 Å². The molecule has 3 aromatic rings. The fourth-order valence-corrected chi connectivity index (χ4v) is 5.03. The predicted molar refractivity (Wildman–Crippen MR) is 135 cm³/mol. The quantitative estimate of drug-likeness (QED) is 0.514. The third-order valence-corrected chi connectivity index (χ3v) is 7.01. The average molecular weight is 473 g/mol. The minimum absolute atomic E-state index is 0.0732. The second kappa shape index (κ2) is 11.0. The van der Waals surface area contributed by atoms with Crippen molar-refractivity contribution in [2.75, 3.05) is 24.3 Å². The van der Waals surface area contributed by atoms with E-state index in [1.54, 1.807) is 12.3 Å². The molecule has 0 unspecified atom stereocenters. The van der Waals surface area contributed by atoms with Gasteiger partial charge in [-0.05, 0) is 56.0 Å². The number of nitrogens with one attached hydrogen (secondary N) is 2. The molecule has 0 aliphatic heterocycles. The van der Waals surface area contributed by atoms with Crippen molar-refractivity contribution in [3.05, 3.63) is 71.9 Å². The number of nitriles is 1. The molecule has 8 heteroatoms. The van der Waals surface area contributed by atoms with E-state index < -0.39 is 0 Å². The molecular formula is C26H28N6OS. The first-order valence-corrected chi connectivity index (χ1v) is 12.2. The van der Waals surface area contributed by atoms with Crippen LogP contribution in [0, 0.1) is 11.3 Å². The van der Waals surface area contributed by atoms with Crippen molar-refractivity contribution < 1.29 is 4.79 Å². The van der Waals surface area contributed by atoms with Gasteiger partial charge in [-0.2, -0.15) is 10.2 Å². The predicted octanol–water partition coefficient (Wildman–Crippen LogP) is 4.72. The first-order chi connectivity index (χ1) is 16.5. The third kappa shape index (κ3) is 5.86. The monoisotopic (exact) mass is 472 g/mol. The number of hydrogen-bond acceptors (Lipinski definition) is 7. The summed E-state index contributed by atoms with van der Waals surface area (Å²) in [6, 6.07) is 19.5. The van der Waals surface area contributed by atoms with Gasteiger partial charge in [0.2, 0.25) is 5.95 Å². The Morgan fingerprint density at radius 1 is 1.00 bits per heavy atom. The minimum atomic E-state index is -0.0732. The molecule has 1 saturated carbocycles. The number of hydrogen-bond donors (Lipinski definition) is 2. The van der Waals surface area contributed by atoms with Crippen LogP contribution in [0.15, 0.2) is 70.6 Å². The van der Waals surface area contributed by atoms with Crippen LogP contribution in [-0.4, -0.2) is 42.1 Å². The SMILES string of the molecule is CN(C)c1ccnc(NC2CCC(NC(=O)c3ccccc3Sc3ccccc3C#N)CC2)n1. The lowest BCUT2D eigenvalue weighted by Crippen LogP contribution is -2.40. The summed E-state index contributed by atoms with van der Waals surface area (Å²) < 4.78 is 0. The molecule has 1 aromatic heterocycles. The Bertz CT molecular complexity index is 1180. The Balaban J connectivity index is 1.35. The number of rotatable bonds is 7. The summed E-state index contributed by atoms with van der Waals surface area (Å²) in [6.45, 7) is 0. The molecule has 2 N–H and O–H groups in total. The molecule has 1 amide bonds. The van der Waals surface area contributed by atoms with Gasteiger partial charge in [0.25, 0.3) is 5.91 Å². The van der Waals surface area contributed by atoms with Crippen LogP contribution in [0.3, 0.4) is 0 Å². The molecule has 2 aromatic carbocycles. The molecule has 0 atom stereocenters. The highest BCUT2D eigenvalue weighted by molar-refractivity contribution is 7.99. The van der Waals surface area contributed by atoms with E-state index in [2.05, 4.69) is 26.7 Å². The van der Waals surface area contributed by atoms with Gasteiger partial charge in [-0.1, -0.05) is 36.0 Å². The topological polar surface area (TPSA) is 93.9 Å². The second-order valence-electron chi connectivity index (χ2n) is 8.51. The van der Waals surface area contributed by atoms with Crippen LogP contribution in [0.25, 0.3) is 0 Å². The summed E-state index contributed by atoms with van der Waals surface area (Å²) in [7, 11) is 3.91. The van der Waals surface area contributed by atoms with E-state index in [0.717, 1.165) is 41.3 Å². The number of carbonyl (C=O) groups excluding carboxylic acids is 1. The Morgan fingerprint density at radius 2 is 1.68 bits per heavy atom. The second-order valence-corrected chi connectivity index (χ2v) is 9.59. The van der Waals surface area contributed by atoms with Crippen LogP contribution >= 0.6 is 11.8 Å². The molecule has 4 rings (SSSR count). The highest BCUT2D eigenvalue weighted by Crippen LogP contribution is 2.33. The van der Waals surface area contributed by atoms with Gasteiger partial charge in [-0.25, -0.2) is 4.98 Å². The lowest BCUT2D eigenvalue weighted by atomic mass is 9.91. The molecule has 0 radical (unpaired) electrons. The molecule has 7 nitrogen and oxygen atoms in total. The van der Waals surface area contributed by atoms with Crippen molar-refractivity contribution in [1.82, 2.24) is 15.3 Å². The standard InChI is InChI=1S/C26H28N6OS/c1-32(2)24-15-16-28-26(31-24)30-20-13-11-19(12-14-20)29-25(33)21-8-4-6-10-23(21)34-22-9-5-3-7-18(22)17-27/h3-10,15-16,19-20H,11-14H2,1-2H3,(H,29,33)(H,28,30,31). The summed E-state index contributed by atoms with van der Waals surface area (Å²) in [5.74, 6) is 1.44. The van der Waals surface area contributed by atoms with Gasteiger partial charge in [-0.3, -0.25) is 4.79 Å². The Kier molecular flexibility index (Phi) is 7.65. The normalized spacial score (nSPS) is 17.4. The highest BCUT2D eigenvalue weighted by atomic mass is 32.2. The van der Waals surface area contributed by atoms with Gasteiger partial charge in [0, 0.05) is 42.2 Å². The van der Waals surface area contributed by atoms with Crippen LogP contribution in [0.2, 0.25) is 0 Å². The summed E-state index contributed by atoms with van der Waals surface area (Å²) in [4.78, 5) is 25.6. The van der Waals surface area contributed by atoms with Crippen molar-refractivity contribution in [3.63, 3.8) is 0 Å². The van der Waals surface area contributed by atoms with E-state index in [4.69, 9.17) is 0 Å². The maximum absolute atomic E-state index is 13.1. The number of benzene rings is 2. The van der Waals surface area contributed by atoms with Gasteiger partial charge < -0.3 is 15.5 Å². The van der Waals surface area contributed by atoms with E-state index in [1.807, 2.05) is 67.5 Å². The molecule has 174 valence electrons. The Hall–Kier alpha value is -3.57. The fraction of sp³-hybridized carbons (Fsp3) is 0.308. The number of amides is 1. The van der Waals surface area contributed by atoms with Gasteiger partial charge in [0.1, 0.15) is 11.9 Å². The first-order valence-electron chi connectivity index (χ1n) is 11.4. The molecule has 1 aliphatic rings. The first kappa shape index (κ1) is 23.6. The van der Waals surface area contributed by atoms with Crippen molar-refractivity contribution in [2.45, 2.75) is 47.6 Å². The van der Waals surface area contributed by atoms with Gasteiger partial charge in [0.05, 0.1) is 11.1 Å². The van der Waals surface area contributed by atoms with Crippen LogP contribution in [0.5, 0.6) is 0 Å². The van der Waals surface area contributed by atoms with Crippen LogP contribution in [-0.2, 0) is 0 Å². The van der Waals surface area contributed by atoms with Crippen LogP contribution in [0.4, 0.5) is 11.8 Å². The van der Waals surface area contributed by atoms with Crippen LogP contribution < -0.4 is 15.5 Å². The lowest BCUT2D eigenvalue weighted by molar-refractivity contribution is 0.0923. The van der Waals surface area contributed by atoms with Crippen molar-refractivity contribution in [3.8, 4) is 6.07 Å². The molecule has 0 spiro atoms. The van der Waals surface area contributed by atoms with Crippen molar-refractivity contribution >= 4 is 29.4 Å². The third-order valence-electron chi connectivity index (χ3n) is 5.85. The smallest absolute Gasteiger partial charge is 0.252 e. The maximum Gasteiger partial charge on any atom is 0.252 e. The summed E-state index contributed by atoms with van der Waals surface area (Å²) in [5, 5.41) is 16.0. The summed E-state index contributed by atoms with van der Waals surface area (Å²) in [6.07, 6.45) is 5.42. The zero-order valence-corrected chi connectivity index (χ0v) is 20.2. The molecule has 0 bridgehead atoms. The number of nitrogens with zero attached hydrogens (tertiary/aromatic N) is 4. The molecule has 0 saturated heterocycles. The largest absolute Gasteiger partial charge is 0.363 e. The van der Waals surface area contributed by atoms with Crippen molar-refractivity contribution in [1.29, 1.82) is 5.26 Å². The highest BCUT2D eigenvalue weighted by Gasteiger charge is 2.24. The van der Waals surface area contributed by atoms with Gasteiger partial charge in [-0.15, -0.1) is 0 Å². The summed E-state index contributed by atoms with van der Waals surface area (Å²) >= 11 is 1.45. The van der Waals surface area contributed by atoms with E-state index >= 15 is 0 Å². The fourth-order valence-electron chi connectivity index (χ4n) is 4.01. The minimum Gasteiger partial charge on any atom is -0.363 e. The molecule has 34 heavy (non-hydrogen) atoms. The zero-order chi connectivity index (χ0) is 23.9. The van der Waals surface area contributed by atoms with E-state index in [-0.39, 0.29) is 18.0 Å². The van der Waals surface area contributed by atoms with E-state index in [0.29, 0.717) is 17.1 Å². The Labute approximate surface area is 204 Å². The average Bonchev–Trinajstić information content (AvgIpc) is 2.86. The Morgan fingerprint density at radius 3 is 2.41 bits per heavy atom. The van der Waals surface area contributed by atoms with Crippen LogP contribution in [0.1, 0.15) is 41.6 Å². The van der Waals surface area contributed by atoms with Crippen molar-refractivity contribution in [2.24, 2.45) is 0 Å². The maximum atomic E-state index is 13.1. The molecular weight excluding hydrogens is 444 g/mol. The van der Waals surface area contributed by atoms with E-state index in [9.17, 15) is 10.1 Å². The molecule has 1 fully saturated rings. The number of carbonyl (C=O) groups is 1. The molecule has 1 aliphatic carbocycles. The van der Waals surface area contributed by atoms with Gasteiger partial charge in [0.15, 0.2) is 0 Å². The zero-order valence-electron chi connectivity index (χ0n) is 19.4. The lowest BCUT2D eigenvalue weighted by Gasteiger charge is -2.30. The summed E-state index contributed by atoms with van der Waals surface area (Å²) in [5.41, 5.74) is 1.24. The van der Waals surface area contributed by atoms with E-state index in [1.165, 1.54) is 11.8 Å². The number of aromatic nitrogens is 2.